The molecule has 8 nitrogen and oxygen atoms in total. The first-order chi connectivity index (χ1) is 17.2. The van der Waals surface area contributed by atoms with Gasteiger partial charge in [0.05, 0.1) is 29.0 Å². The first-order valence-corrected chi connectivity index (χ1v) is 12.4. The van der Waals surface area contributed by atoms with E-state index in [-0.39, 0.29) is 29.6 Å². The maximum atomic E-state index is 14.5. The number of pyridine rings is 2. The number of ether oxygens (including phenoxy) is 1. The van der Waals surface area contributed by atoms with Crippen molar-refractivity contribution in [3.8, 4) is 11.4 Å². The number of carbonyl (C=O) groups excluding carboxylic acids is 1. The molecule has 3 aromatic rings. The van der Waals surface area contributed by atoms with Crippen molar-refractivity contribution in [2.75, 3.05) is 6.54 Å². The van der Waals surface area contributed by atoms with E-state index in [0.717, 1.165) is 41.3 Å². The van der Waals surface area contributed by atoms with Crippen molar-refractivity contribution in [3.63, 3.8) is 0 Å². The summed E-state index contributed by atoms with van der Waals surface area (Å²) in [5.41, 5.74) is 16.1. The van der Waals surface area contributed by atoms with Gasteiger partial charge in [-0.2, -0.15) is 0 Å². The fourth-order valence-electron chi connectivity index (χ4n) is 5.06. The number of nitrogens with zero attached hydrogens (tertiary/aromatic N) is 2. The van der Waals surface area contributed by atoms with E-state index in [1.165, 1.54) is 6.07 Å². The highest BCUT2D eigenvalue weighted by molar-refractivity contribution is 5.92. The van der Waals surface area contributed by atoms with Crippen LogP contribution in [0, 0.1) is 12.7 Å². The summed E-state index contributed by atoms with van der Waals surface area (Å²) < 4.78 is 21.1. The fourth-order valence-corrected chi connectivity index (χ4v) is 5.06. The number of aryl methyl sites for hydroxylation is 2. The molecule has 0 spiro atoms. The Labute approximate surface area is 209 Å². The summed E-state index contributed by atoms with van der Waals surface area (Å²) in [5.74, 6) is -1.03. The quantitative estimate of drug-likeness (QED) is 0.345. The van der Waals surface area contributed by atoms with E-state index in [4.69, 9.17) is 21.2 Å². The van der Waals surface area contributed by atoms with Gasteiger partial charge in [-0.15, -0.1) is 0 Å². The van der Waals surface area contributed by atoms with Crippen LogP contribution in [0.15, 0.2) is 16.9 Å². The van der Waals surface area contributed by atoms with Crippen LogP contribution in [0.5, 0.6) is 0 Å². The number of fused-ring (bicyclic) bond motifs is 5. The molecule has 6 rings (SSSR count). The van der Waals surface area contributed by atoms with Crippen molar-refractivity contribution in [2.45, 2.75) is 72.3 Å². The Hall–Kier alpha value is -3.14. The standard InChI is InChI=1S/C22H17FN2O4.C3H10N2.C2H6/c1-9-10-3-2-4-11-13-7-25-17(19(13)24-16(18(10)11)6-15(9)23)5-12-14(21(25)27)8-29-22(28)20(12)26;1-3(5)2-4;1-2/h5-6,20,26H,2-4,7-8H2,1H3;3H,2,4-5H2,1H3;1-2H3. The number of aliphatic hydroxyl groups excluding tert-OH is 1. The zero-order valence-electron chi connectivity index (χ0n) is 21.2. The van der Waals surface area contributed by atoms with Crippen LogP contribution in [0.1, 0.15) is 66.7 Å². The molecule has 9 heteroatoms. The molecule has 0 bridgehead atoms. The van der Waals surface area contributed by atoms with Crippen LogP contribution in [0.3, 0.4) is 0 Å². The van der Waals surface area contributed by atoms with Gasteiger partial charge in [-0.1, -0.05) is 13.8 Å². The van der Waals surface area contributed by atoms with Crippen LogP contribution < -0.4 is 17.0 Å². The Morgan fingerprint density at radius 2 is 1.86 bits per heavy atom. The molecule has 1 aliphatic carbocycles. The first kappa shape index (κ1) is 25.9. The van der Waals surface area contributed by atoms with Gasteiger partial charge in [0.1, 0.15) is 12.4 Å². The van der Waals surface area contributed by atoms with Crippen LogP contribution in [0.4, 0.5) is 4.39 Å². The van der Waals surface area contributed by atoms with Crippen LogP contribution in [-0.2, 0) is 35.5 Å². The Kier molecular flexibility index (Phi) is 7.26. The molecule has 0 saturated heterocycles. The minimum Gasteiger partial charge on any atom is -0.458 e. The second kappa shape index (κ2) is 10.1. The summed E-state index contributed by atoms with van der Waals surface area (Å²) in [6.07, 6.45) is 1.12. The highest BCUT2D eigenvalue weighted by atomic mass is 19.1. The number of benzene rings is 1. The molecule has 0 fully saturated rings. The van der Waals surface area contributed by atoms with E-state index in [2.05, 4.69) is 0 Å². The number of aliphatic hydroxyl groups is 1. The number of rotatable bonds is 1. The van der Waals surface area contributed by atoms with Crippen molar-refractivity contribution in [1.82, 2.24) is 9.55 Å². The number of nitrogens with two attached hydrogens (primary N) is 2. The molecule has 2 unspecified atom stereocenters. The molecule has 1 aromatic carbocycles. The summed E-state index contributed by atoms with van der Waals surface area (Å²) in [7, 11) is 0. The van der Waals surface area contributed by atoms with E-state index in [1.54, 1.807) is 17.6 Å². The molecule has 5 N–H and O–H groups in total. The van der Waals surface area contributed by atoms with Crippen molar-refractivity contribution in [3.05, 3.63) is 61.7 Å². The molecule has 0 saturated carbocycles. The van der Waals surface area contributed by atoms with Gasteiger partial charge in [0.15, 0.2) is 6.10 Å². The lowest BCUT2D eigenvalue weighted by Gasteiger charge is -2.22. The molecule has 3 aliphatic rings. The predicted molar refractivity (Wildman–Crippen MR) is 136 cm³/mol. The SMILES string of the molecule is CC.CC(N)CN.Cc1c(F)cc2nc3c(c4c2c1CCC4)Cn1c-3cc2c(c1=O)COC(=O)C2O. The molecule has 36 heavy (non-hydrogen) atoms. The summed E-state index contributed by atoms with van der Waals surface area (Å²) in [6, 6.07) is 3.29. The third kappa shape index (κ3) is 4.11. The monoisotopic (exact) mass is 496 g/mol. The van der Waals surface area contributed by atoms with E-state index in [9.17, 15) is 19.1 Å². The number of esters is 1. The van der Waals surface area contributed by atoms with Gasteiger partial charge in [0.2, 0.25) is 0 Å². The largest absolute Gasteiger partial charge is 0.458 e. The fraction of sp³-hybridized carbons (Fsp3) is 0.444. The van der Waals surface area contributed by atoms with Crippen LogP contribution in [0.2, 0.25) is 0 Å². The summed E-state index contributed by atoms with van der Waals surface area (Å²) in [5, 5.41) is 11.2. The maximum Gasteiger partial charge on any atom is 0.340 e. The molecule has 0 radical (unpaired) electrons. The minimum atomic E-state index is -1.48. The van der Waals surface area contributed by atoms with E-state index in [0.29, 0.717) is 41.1 Å². The second-order valence-corrected chi connectivity index (χ2v) is 9.21. The second-order valence-electron chi connectivity index (χ2n) is 9.21. The zero-order valence-corrected chi connectivity index (χ0v) is 21.2. The Bertz CT molecular complexity index is 1410. The van der Waals surface area contributed by atoms with Crippen LogP contribution in [-0.4, -0.2) is 33.2 Å². The normalized spacial score (nSPS) is 17.6. The minimum absolute atomic E-state index is 0.141. The summed E-state index contributed by atoms with van der Waals surface area (Å²) in [4.78, 5) is 29.6. The van der Waals surface area contributed by atoms with Crippen molar-refractivity contribution >= 4 is 16.9 Å². The van der Waals surface area contributed by atoms with Crippen LogP contribution in [0.25, 0.3) is 22.3 Å². The highest BCUT2D eigenvalue weighted by Crippen LogP contribution is 2.41. The Morgan fingerprint density at radius 3 is 2.53 bits per heavy atom. The Morgan fingerprint density at radius 1 is 1.19 bits per heavy atom. The van der Waals surface area contributed by atoms with Gasteiger partial charge in [0, 0.05) is 35.2 Å². The topological polar surface area (TPSA) is 133 Å². The molecular weight excluding hydrogens is 463 g/mol. The molecule has 2 atom stereocenters. The van der Waals surface area contributed by atoms with Gasteiger partial charge < -0.3 is 25.9 Å². The number of cyclic esters (lactones) is 1. The van der Waals surface area contributed by atoms with Crippen molar-refractivity contribution in [2.24, 2.45) is 11.5 Å². The summed E-state index contributed by atoms with van der Waals surface area (Å²) in [6.45, 7) is 8.50. The van der Waals surface area contributed by atoms with E-state index < -0.39 is 12.1 Å². The number of halogens is 1. The average molecular weight is 497 g/mol. The van der Waals surface area contributed by atoms with Gasteiger partial charge in [-0.3, -0.25) is 4.79 Å². The Balaban J connectivity index is 0.000000391. The lowest BCUT2D eigenvalue weighted by atomic mass is 9.85. The summed E-state index contributed by atoms with van der Waals surface area (Å²) >= 11 is 0. The van der Waals surface area contributed by atoms with Gasteiger partial charge in [-0.05, 0) is 55.9 Å². The van der Waals surface area contributed by atoms with Gasteiger partial charge >= 0.3 is 5.97 Å². The molecule has 4 heterocycles. The first-order valence-electron chi connectivity index (χ1n) is 12.4. The molecule has 0 amide bonds. The number of aromatic nitrogens is 2. The molecule has 2 aliphatic heterocycles. The number of hydrogen-bond acceptors (Lipinski definition) is 7. The van der Waals surface area contributed by atoms with Gasteiger partial charge in [-0.25, -0.2) is 14.2 Å². The molecular formula is C27H33FN4O4. The average Bonchev–Trinajstić information content (AvgIpc) is 3.25. The number of carbonyl (C=O) groups is 1. The van der Waals surface area contributed by atoms with Gasteiger partial charge in [0.25, 0.3) is 5.56 Å². The predicted octanol–water partition coefficient (Wildman–Crippen LogP) is 2.77. The third-order valence-corrected chi connectivity index (χ3v) is 6.91. The van der Waals surface area contributed by atoms with Crippen molar-refractivity contribution < 1.29 is 19.0 Å². The lowest BCUT2D eigenvalue weighted by Crippen LogP contribution is -2.32. The number of hydrogen-bond donors (Lipinski definition) is 3. The lowest BCUT2D eigenvalue weighted by molar-refractivity contribution is -0.157. The molecule has 2 aromatic heterocycles. The highest BCUT2D eigenvalue weighted by Gasteiger charge is 2.35. The van der Waals surface area contributed by atoms with Crippen LogP contribution >= 0.6 is 0 Å². The zero-order chi connectivity index (χ0) is 26.3. The maximum absolute atomic E-state index is 14.5. The smallest absolute Gasteiger partial charge is 0.340 e. The van der Waals surface area contributed by atoms with E-state index in [1.807, 2.05) is 20.8 Å². The van der Waals surface area contributed by atoms with E-state index >= 15 is 0 Å². The van der Waals surface area contributed by atoms with Crippen molar-refractivity contribution in [1.29, 1.82) is 0 Å². The third-order valence-electron chi connectivity index (χ3n) is 6.91. The molecule has 192 valence electrons.